The van der Waals surface area contributed by atoms with Gasteiger partial charge in [0, 0.05) is 0 Å². The van der Waals surface area contributed by atoms with Gasteiger partial charge < -0.3 is 0 Å². The molecule has 0 heterocycles. The fourth-order valence-electron chi connectivity index (χ4n) is 1.65. The topological polar surface area (TPSA) is 0 Å². The molecule has 0 aliphatic heterocycles. The van der Waals surface area contributed by atoms with Crippen LogP contribution in [0.5, 0.6) is 0 Å². The summed E-state index contributed by atoms with van der Waals surface area (Å²) in [5.74, 6) is -1.32. The first-order chi connectivity index (χ1) is 7.70. The molecule has 16 heavy (non-hydrogen) atoms. The van der Waals surface area contributed by atoms with Crippen LogP contribution in [0.2, 0.25) is 0 Å². The molecule has 0 aromatic heterocycles. The Labute approximate surface area is 103 Å². The molecular formula is C12H28F2P2. The molecule has 0 aliphatic carbocycles. The number of hydrogen-bond donors (Lipinski definition) is 0. The van der Waals surface area contributed by atoms with E-state index >= 15 is 0 Å². The molecule has 4 heteroatoms. The van der Waals surface area contributed by atoms with Gasteiger partial charge in [-0.3, -0.25) is 0 Å². The normalized spacial score (nSPS) is 16.0. The van der Waals surface area contributed by atoms with Crippen LogP contribution in [0, 0.1) is 0 Å². The second kappa shape index (κ2) is 12.2. The summed E-state index contributed by atoms with van der Waals surface area (Å²) in [5.41, 5.74) is 0. The fraction of sp³-hybridized carbons (Fsp3) is 1.00. The standard InChI is InChI=1S/C12H28F2P2/c1-3-5-7-9-11(13)15-16-12(14)10-8-6-4-2/h11-12,15H,3-10H2,1-2,16H3. The van der Waals surface area contributed by atoms with Gasteiger partial charge in [-0.05, 0) is 0 Å². The molecule has 0 spiro atoms. The first-order valence-electron chi connectivity index (χ1n) is 6.72. The third-order valence-corrected chi connectivity index (χ3v) is 7.93. The van der Waals surface area contributed by atoms with Crippen molar-refractivity contribution in [1.29, 1.82) is 0 Å². The number of hydrogen-bond acceptors (Lipinski definition) is 0. The molecule has 0 aromatic carbocycles. The van der Waals surface area contributed by atoms with Crippen LogP contribution in [0.15, 0.2) is 0 Å². The molecule has 0 fully saturated rings. The van der Waals surface area contributed by atoms with Gasteiger partial charge in [0.2, 0.25) is 0 Å². The van der Waals surface area contributed by atoms with Crippen LogP contribution in [0.1, 0.15) is 65.2 Å². The summed E-state index contributed by atoms with van der Waals surface area (Å²) in [6.45, 7) is 4.24. The van der Waals surface area contributed by atoms with Crippen LogP contribution < -0.4 is 0 Å². The zero-order chi connectivity index (χ0) is 12.2. The minimum atomic E-state index is -0.788. The Hall–Kier alpha value is 0.720. The SMILES string of the molecule is CCCCCC(F)P[PH3]C(F)CCCCC. The fourth-order valence-corrected chi connectivity index (χ4v) is 5.82. The summed E-state index contributed by atoms with van der Waals surface area (Å²) in [6.07, 6.45) is 7.83. The molecule has 3 atom stereocenters. The molecule has 0 amide bonds. The quantitative estimate of drug-likeness (QED) is 0.345. The number of unbranched alkanes of at least 4 members (excludes halogenated alkanes) is 4. The summed E-state index contributed by atoms with van der Waals surface area (Å²) in [7, 11) is -0.481. The van der Waals surface area contributed by atoms with Crippen molar-refractivity contribution in [3.63, 3.8) is 0 Å². The van der Waals surface area contributed by atoms with Gasteiger partial charge in [0.15, 0.2) is 0 Å². The first-order valence-corrected chi connectivity index (χ1v) is 10.9. The van der Waals surface area contributed by atoms with Gasteiger partial charge in [-0.25, -0.2) is 0 Å². The van der Waals surface area contributed by atoms with Crippen molar-refractivity contribution < 1.29 is 8.78 Å². The Morgan fingerprint density at radius 2 is 1.50 bits per heavy atom. The predicted molar refractivity (Wildman–Crippen MR) is 77.5 cm³/mol. The second-order valence-electron chi connectivity index (χ2n) is 4.46. The average molecular weight is 272 g/mol. The Kier molecular flexibility index (Phi) is 12.7. The van der Waals surface area contributed by atoms with Crippen molar-refractivity contribution in [3.8, 4) is 0 Å². The summed E-state index contributed by atoms with van der Waals surface area (Å²) < 4.78 is 26.7. The summed E-state index contributed by atoms with van der Waals surface area (Å²) in [5, 5.41) is 0. The van der Waals surface area contributed by atoms with Crippen molar-refractivity contribution in [2.75, 3.05) is 0 Å². The summed E-state index contributed by atoms with van der Waals surface area (Å²) >= 11 is 0. The van der Waals surface area contributed by atoms with E-state index in [9.17, 15) is 8.78 Å². The zero-order valence-corrected chi connectivity index (χ0v) is 13.2. The van der Waals surface area contributed by atoms with Gasteiger partial charge in [-0.1, -0.05) is 0 Å². The molecule has 0 N–H and O–H groups in total. The van der Waals surface area contributed by atoms with Crippen molar-refractivity contribution in [1.82, 2.24) is 0 Å². The van der Waals surface area contributed by atoms with E-state index < -0.39 is 20.1 Å². The zero-order valence-electron chi connectivity index (χ0n) is 10.8. The predicted octanol–water partition coefficient (Wildman–Crippen LogP) is 5.47. The Morgan fingerprint density at radius 1 is 0.938 bits per heavy atom. The van der Waals surface area contributed by atoms with Gasteiger partial charge in [-0.15, -0.1) is 0 Å². The number of rotatable bonds is 11. The van der Waals surface area contributed by atoms with Crippen LogP contribution in [-0.2, 0) is 0 Å². The van der Waals surface area contributed by atoms with Gasteiger partial charge in [0.05, 0.1) is 0 Å². The molecule has 0 bridgehead atoms. The van der Waals surface area contributed by atoms with E-state index in [4.69, 9.17) is 0 Å². The maximum absolute atomic E-state index is 13.4. The van der Waals surface area contributed by atoms with Crippen molar-refractivity contribution >= 4 is 16.5 Å². The molecule has 0 aliphatic rings. The number of alkyl halides is 2. The number of halogens is 2. The van der Waals surface area contributed by atoms with Crippen LogP contribution in [0.3, 0.4) is 0 Å². The maximum atomic E-state index is 13.4. The Balaban J connectivity index is 3.32. The van der Waals surface area contributed by atoms with Crippen LogP contribution in [-0.4, -0.2) is 11.8 Å². The monoisotopic (exact) mass is 272 g/mol. The minimum absolute atomic E-state index is 0.307. The third-order valence-electron chi connectivity index (χ3n) is 2.74. The van der Waals surface area contributed by atoms with Crippen molar-refractivity contribution in [2.45, 2.75) is 77.0 Å². The van der Waals surface area contributed by atoms with E-state index in [0.717, 1.165) is 38.5 Å². The third kappa shape index (κ3) is 11.2. The van der Waals surface area contributed by atoms with Crippen LogP contribution in [0.25, 0.3) is 0 Å². The van der Waals surface area contributed by atoms with Gasteiger partial charge in [0.1, 0.15) is 0 Å². The molecule has 0 saturated carbocycles. The van der Waals surface area contributed by atoms with Gasteiger partial charge >= 0.3 is 102 Å². The molecule has 0 saturated heterocycles. The van der Waals surface area contributed by atoms with E-state index in [1.807, 2.05) is 0 Å². The van der Waals surface area contributed by atoms with Crippen LogP contribution in [0.4, 0.5) is 8.78 Å². The van der Waals surface area contributed by atoms with E-state index in [-0.39, 0.29) is 0 Å². The van der Waals surface area contributed by atoms with E-state index in [0.29, 0.717) is 21.1 Å². The average Bonchev–Trinajstić information content (AvgIpc) is 2.27. The molecule has 0 radical (unpaired) electrons. The molecule has 0 rings (SSSR count). The molecular weight excluding hydrogens is 244 g/mol. The Bertz CT molecular complexity index is 129. The van der Waals surface area contributed by atoms with E-state index in [1.165, 1.54) is 0 Å². The molecule has 0 aromatic rings. The van der Waals surface area contributed by atoms with Crippen molar-refractivity contribution in [3.05, 3.63) is 0 Å². The van der Waals surface area contributed by atoms with Crippen molar-refractivity contribution in [2.24, 2.45) is 0 Å². The summed E-state index contributed by atoms with van der Waals surface area (Å²) in [6, 6.07) is 0. The molecule has 3 unspecified atom stereocenters. The molecule has 0 nitrogen and oxygen atoms in total. The van der Waals surface area contributed by atoms with Gasteiger partial charge in [-0.2, -0.15) is 0 Å². The van der Waals surface area contributed by atoms with Gasteiger partial charge in [0.25, 0.3) is 0 Å². The van der Waals surface area contributed by atoms with E-state index in [2.05, 4.69) is 13.8 Å². The second-order valence-corrected chi connectivity index (χ2v) is 9.24. The van der Waals surface area contributed by atoms with E-state index in [1.54, 1.807) is 0 Å². The first kappa shape index (κ1) is 16.7. The summed E-state index contributed by atoms with van der Waals surface area (Å²) in [4.78, 5) is 0. The molecule has 100 valence electrons. The van der Waals surface area contributed by atoms with Crippen LogP contribution >= 0.6 is 16.5 Å². The Morgan fingerprint density at radius 3 is 2.06 bits per heavy atom.